The molecule has 0 atom stereocenters. The molecule has 1 heterocycles. The van der Waals surface area contributed by atoms with Crippen LogP contribution in [0.25, 0.3) is 22.2 Å². The number of hydrogen-bond acceptors (Lipinski definition) is 1. The third kappa shape index (κ3) is 4.10. The minimum atomic E-state index is -0.323. The summed E-state index contributed by atoms with van der Waals surface area (Å²) in [6.45, 7) is 2.74. The minimum Gasteiger partial charge on any atom is -0.356 e. The standard InChI is InChI=1S/C21H22F2N2O/c1-2-3-12-24-20(26)11-9-17-18-13-16(23)8-10-19(18)25-21(17)14-4-6-15(22)7-5-14/h4-8,10,13,25H,2-3,9,11-12H2,1H3,(H,24,26). The Balaban J connectivity index is 1.90. The SMILES string of the molecule is CCCCNC(=O)CCc1c(-c2ccc(F)cc2)[nH]c2ccc(F)cc12. The van der Waals surface area contributed by atoms with E-state index in [4.69, 9.17) is 0 Å². The molecule has 2 aromatic carbocycles. The highest BCUT2D eigenvalue weighted by atomic mass is 19.1. The lowest BCUT2D eigenvalue weighted by molar-refractivity contribution is -0.121. The summed E-state index contributed by atoms with van der Waals surface area (Å²) in [5.74, 6) is -0.655. The molecule has 136 valence electrons. The van der Waals surface area contributed by atoms with Gasteiger partial charge in [-0.15, -0.1) is 0 Å². The fourth-order valence-electron chi connectivity index (χ4n) is 3.07. The first-order valence-electron chi connectivity index (χ1n) is 8.91. The first-order chi connectivity index (χ1) is 12.6. The van der Waals surface area contributed by atoms with Crippen molar-refractivity contribution in [2.24, 2.45) is 0 Å². The normalized spacial score (nSPS) is 11.0. The minimum absolute atomic E-state index is 0.0192. The van der Waals surface area contributed by atoms with Crippen LogP contribution in [0.1, 0.15) is 31.7 Å². The summed E-state index contributed by atoms with van der Waals surface area (Å²) in [6.07, 6.45) is 2.77. The van der Waals surface area contributed by atoms with Gasteiger partial charge in [-0.25, -0.2) is 8.78 Å². The molecule has 0 bridgehead atoms. The molecule has 1 amide bonds. The van der Waals surface area contributed by atoms with Crippen LogP contribution < -0.4 is 5.32 Å². The summed E-state index contributed by atoms with van der Waals surface area (Å²) in [5, 5.41) is 3.65. The van der Waals surface area contributed by atoms with E-state index in [9.17, 15) is 13.6 Å². The maximum absolute atomic E-state index is 13.7. The number of carbonyl (C=O) groups is 1. The van der Waals surface area contributed by atoms with E-state index in [1.807, 2.05) is 0 Å². The third-order valence-electron chi connectivity index (χ3n) is 4.46. The number of rotatable bonds is 7. The molecule has 0 aliphatic carbocycles. The molecule has 1 aromatic heterocycles. The van der Waals surface area contributed by atoms with Crippen molar-refractivity contribution in [3.8, 4) is 11.3 Å². The van der Waals surface area contributed by atoms with Gasteiger partial charge >= 0.3 is 0 Å². The van der Waals surface area contributed by atoms with Crippen molar-refractivity contribution in [1.82, 2.24) is 10.3 Å². The molecule has 2 N–H and O–H groups in total. The number of aryl methyl sites for hydroxylation is 1. The van der Waals surface area contributed by atoms with Crippen molar-refractivity contribution in [1.29, 1.82) is 0 Å². The molecule has 5 heteroatoms. The topological polar surface area (TPSA) is 44.9 Å². The quantitative estimate of drug-likeness (QED) is 0.577. The second kappa shape index (κ2) is 8.13. The monoisotopic (exact) mass is 356 g/mol. The number of fused-ring (bicyclic) bond motifs is 1. The number of carbonyl (C=O) groups excluding carboxylic acids is 1. The predicted molar refractivity (Wildman–Crippen MR) is 99.9 cm³/mol. The van der Waals surface area contributed by atoms with Crippen molar-refractivity contribution in [2.75, 3.05) is 6.54 Å². The van der Waals surface area contributed by atoms with Gasteiger partial charge in [0.25, 0.3) is 0 Å². The first-order valence-corrected chi connectivity index (χ1v) is 8.91. The van der Waals surface area contributed by atoms with Crippen molar-refractivity contribution < 1.29 is 13.6 Å². The Morgan fingerprint density at radius 1 is 1.08 bits per heavy atom. The number of aromatic nitrogens is 1. The molecular weight excluding hydrogens is 334 g/mol. The van der Waals surface area contributed by atoms with Crippen LogP contribution in [0.3, 0.4) is 0 Å². The molecule has 0 unspecified atom stereocenters. The molecule has 0 spiro atoms. The van der Waals surface area contributed by atoms with Gasteiger partial charge in [0.15, 0.2) is 0 Å². The lowest BCUT2D eigenvalue weighted by Crippen LogP contribution is -2.24. The van der Waals surface area contributed by atoms with Crippen molar-refractivity contribution >= 4 is 16.8 Å². The van der Waals surface area contributed by atoms with Gasteiger partial charge in [0.1, 0.15) is 11.6 Å². The summed E-state index contributed by atoms with van der Waals surface area (Å²) in [7, 11) is 0. The Kier molecular flexibility index (Phi) is 5.66. The van der Waals surface area contributed by atoms with Crippen LogP contribution in [0.2, 0.25) is 0 Å². The molecule has 0 radical (unpaired) electrons. The second-order valence-corrected chi connectivity index (χ2v) is 6.38. The van der Waals surface area contributed by atoms with Gasteiger partial charge in [-0.3, -0.25) is 4.79 Å². The average Bonchev–Trinajstić information content (AvgIpc) is 2.98. The lowest BCUT2D eigenvalue weighted by Gasteiger charge is -2.07. The second-order valence-electron chi connectivity index (χ2n) is 6.38. The summed E-state index contributed by atoms with van der Waals surface area (Å²) in [4.78, 5) is 15.3. The lowest BCUT2D eigenvalue weighted by atomic mass is 10.0. The van der Waals surface area contributed by atoms with Gasteiger partial charge in [-0.2, -0.15) is 0 Å². The number of unbranched alkanes of at least 4 members (excludes halogenated alkanes) is 1. The Morgan fingerprint density at radius 3 is 2.54 bits per heavy atom. The van der Waals surface area contributed by atoms with Crippen LogP contribution in [0, 0.1) is 11.6 Å². The van der Waals surface area contributed by atoms with Crippen molar-refractivity contribution in [2.45, 2.75) is 32.6 Å². The van der Waals surface area contributed by atoms with Gasteiger partial charge in [-0.05, 0) is 66.4 Å². The van der Waals surface area contributed by atoms with Crippen LogP contribution in [0.15, 0.2) is 42.5 Å². The number of aromatic amines is 1. The van der Waals surface area contributed by atoms with Gasteiger partial charge in [0, 0.05) is 29.6 Å². The van der Waals surface area contributed by atoms with Gasteiger partial charge in [0.05, 0.1) is 0 Å². The van der Waals surface area contributed by atoms with Gasteiger partial charge in [0.2, 0.25) is 5.91 Å². The van der Waals surface area contributed by atoms with Gasteiger partial charge < -0.3 is 10.3 Å². The fourth-order valence-corrected chi connectivity index (χ4v) is 3.07. The Labute approximate surface area is 151 Å². The maximum Gasteiger partial charge on any atom is 0.220 e. The molecule has 26 heavy (non-hydrogen) atoms. The highest BCUT2D eigenvalue weighted by Gasteiger charge is 2.15. The van der Waals surface area contributed by atoms with Crippen LogP contribution in [0.5, 0.6) is 0 Å². The summed E-state index contributed by atoms with van der Waals surface area (Å²) in [5.41, 5.74) is 3.28. The van der Waals surface area contributed by atoms with Crippen LogP contribution >= 0.6 is 0 Å². The smallest absolute Gasteiger partial charge is 0.220 e. The first kappa shape index (κ1) is 18.1. The molecule has 3 aromatic rings. The molecule has 0 saturated heterocycles. The molecule has 0 aliphatic heterocycles. The van der Waals surface area contributed by atoms with E-state index in [1.165, 1.54) is 24.3 Å². The molecule has 0 saturated carbocycles. The summed E-state index contributed by atoms with van der Waals surface area (Å²) in [6, 6.07) is 10.7. The maximum atomic E-state index is 13.7. The molecule has 0 aliphatic rings. The average molecular weight is 356 g/mol. The van der Waals surface area contributed by atoms with Crippen LogP contribution in [0.4, 0.5) is 8.78 Å². The van der Waals surface area contributed by atoms with Crippen LogP contribution in [-0.2, 0) is 11.2 Å². The van der Waals surface area contributed by atoms with Crippen molar-refractivity contribution in [3.63, 3.8) is 0 Å². The zero-order valence-corrected chi connectivity index (χ0v) is 14.7. The van der Waals surface area contributed by atoms with E-state index in [2.05, 4.69) is 17.2 Å². The number of halogens is 2. The third-order valence-corrected chi connectivity index (χ3v) is 4.46. The van der Waals surface area contributed by atoms with E-state index in [0.717, 1.165) is 40.6 Å². The highest BCUT2D eigenvalue weighted by molar-refractivity contribution is 5.91. The van der Waals surface area contributed by atoms with Gasteiger partial charge in [-0.1, -0.05) is 13.3 Å². The van der Waals surface area contributed by atoms with Crippen LogP contribution in [-0.4, -0.2) is 17.4 Å². The molecule has 3 rings (SSSR count). The van der Waals surface area contributed by atoms with E-state index in [0.29, 0.717) is 19.4 Å². The number of amides is 1. The predicted octanol–water partition coefficient (Wildman–Crippen LogP) is 4.96. The van der Waals surface area contributed by atoms with E-state index >= 15 is 0 Å². The number of nitrogens with one attached hydrogen (secondary N) is 2. The number of H-pyrrole nitrogens is 1. The van der Waals surface area contributed by atoms with E-state index in [-0.39, 0.29) is 17.5 Å². The Bertz CT molecular complexity index is 900. The highest BCUT2D eigenvalue weighted by Crippen LogP contribution is 2.32. The van der Waals surface area contributed by atoms with E-state index in [1.54, 1.807) is 18.2 Å². The molecule has 0 fully saturated rings. The van der Waals surface area contributed by atoms with E-state index < -0.39 is 0 Å². The fraction of sp³-hybridized carbons (Fsp3) is 0.286. The Hall–Kier alpha value is -2.69. The Morgan fingerprint density at radius 2 is 1.81 bits per heavy atom. The largest absolute Gasteiger partial charge is 0.356 e. The molecule has 3 nitrogen and oxygen atoms in total. The zero-order chi connectivity index (χ0) is 18.5. The summed E-state index contributed by atoms with van der Waals surface area (Å²) >= 11 is 0. The zero-order valence-electron chi connectivity index (χ0n) is 14.7. The summed E-state index contributed by atoms with van der Waals surface area (Å²) < 4.78 is 27.0. The van der Waals surface area contributed by atoms with Crippen molar-refractivity contribution in [3.05, 3.63) is 59.7 Å². The molecular formula is C21H22F2N2O. The number of benzene rings is 2. The number of hydrogen-bond donors (Lipinski definition) is 2.